The van der Waals surface area contributed by atoms with Crippen LogP contribution in [0.1, 0.15) is 26.3 Å². The molecule has 3 aromatic rings. The van der Waals surface area contributed by atoms with Crippen LogP contribution in [0.2, 0.25) is 5.15 Å². The van der Waals surface area contributed by atoms with Crippen molar-refractivity contribution in [2.75, 3.05) is 31.1 Å². The maximum Gasteiger partial charge on any atom is 0.410 e. The number of hydrogen-bond donors (Lipinski definition) is 1. The van der Waals surface area contributed by atoms with E-state index in [9.17, 15) is 19.6 Å². The number of hydrogen-bond acceptors (Lipinski definition) is 7. The second-order valence-electron chi connectivity index (χ2n) is 9.03. The Bertz CT molecular complexity index is 1310. The number of halogens is 2. The fourth-order valence-corrected chi connectivity index (χ4v) is 4.09. The fraction of sp³-hybridized carbons (Fsp3) is 0.320. The fourth-order valence-electron chi connectivity index (χ4n) is 3.87. The number of nitrogens with zero attached hydrogens (tertiary/aromatic N) is 4. The minimum atomic E-state index is -0.736. The maximum atomic E-state index is 14.3. The lowest BCUT2D eigenvalue weighted by atomic mass is 10.1. The number of phenols is 1. The third kappa shape index (κ3) is 5.03. The lowest BCUT2D eigenvalue weighted by Gasteiger charge is -2.37. The zero-order valence-corrected chi connectivity index (χ0v) is 20.3. The molecule has 1 aliphatic heterocycles. The van der Waals surface area contributed by atoms with Crippen molar-refractivity contribution in [3.05, 3.63) is 52.9 Å². The number of rotatable bonds is 3. The summed E-state index contributed by atoms with van der Waals surface area (Å²) in [6, 6.07) is 11.0. The smallest absolute Gasteiger partial charge is 0.410 e. The molecule has 10 heteroatoms. The normalized spacial score (nSPS) is 14.1. The third-order valence-electron chi connectivity index (χ3n) is 5.42. The van der Waals surface area contributed by atoms with E-state index in [1.165, 1.54) is 18.2 Å². The van der Waals surface area contributed by atoms with Gasteiger partial charge in [0.05, 0.1) is 5.69 Å². The predicted octanol–water partition coefficient (Wildman–Crippen LogP) is 5.45. The van der Waals surface area contributed by atoms with E-state index in [-0.39, 0.29) is 28.0 Å². The van der Waals surface area contributed by atoms with Crippen LogP contribution in [-0.2, 0) is 4.74 Å². The topological polar surface area (TPSA) is 98.9 Å². The van der Waals surface area contributed by atoms with Crippen LogP contribution in [-0.4, -0.2) is 52.9 Å². The Morgan fingerprint density at radius 2 is 1.86 bits per heavy atom. The standard InChI is InChI=1S/C25H24ClFN4O4/c1-25(2,3)35-24(33)31-12-10-30(11-13-31)21-15-6-4-9-19(20(15)29-23(26)16(21)14-28)34-22-17(27)7-5-8-18(22)32/h4-9,32H,10-13H2,1-3H3. The molecule has 35 heavy (non-hydrogen) atoms. The van der Waals surface area contributed by atoms with Crippen LogP contribution in [0.4, 0.5) is 14.9 Å². The molecule has 0 radical (unpaired) electrons. The molecule has 0 spiro atoms. The molecule has 1 fully saturated rings. The number of anilines is 1. The summed E-state index contributed by atoms with van der Waals surface area (Å²) in [5.74, 6) is -1.27. The number of phenolic OH excluding ortho intramolecular Hbond substituents is 1. The van der Waals surface area contributed by atoms with Crippen molar-refractivity contribution in [1.29, 1.82) is 5.26 Å². The maximum absolute atomic E-state index is 14.3. The summed E-state index contributed by atoms with van der Waals surface area (Å²) in [5.41, 5.74) is 0.453. The highest BCUT2D eigenvalue weighted by molar-refractivity contribution is 6.32. The van der Waals surface area contributed by atoms with E-state index in [1.54, 1.807) is 23.1 Å². The molecule has 0 atom stereocenters. The molecule has 0 aliphatic carbocycles. The molecular formula is C25H24ClFN4O4. The van der Waals surface area contributed by atoms with E-state index in [0.29, 0.717) is 42.8 Å². The first-order chi connectivity index (χ1) is 16.6. The van der Waals surface area contributed by atoms with Gasteiger partial charge in [-0.2, -0.15) is 5.26 Å². The molecule has 0 bridgehead atoms. The number of aromatic hydroxyl groups is 1. The highest BCUT2D eigenvalue weighted by Gasteiger charge is 2.29. The van der Waals surface area contributed by atoms with Gasteiger partial charge in [0.2, 0.25) is 5.75 Å². The van der Waals surface area contributed by atoms with Gasteiger partial charge >= 0.3 is 6.09 Å². The average molecular weight is 499 g/mol. The number of carbonyl (C=O) groups excluding carboxylic acids is 1. The molecule has 2 heterocycles. The number of pyridine rings is 1. The van der Waals surface area contributed by atoms with E-state index >= 15 is 0 Å². The monoisotopic (exact) mass is 498 g/mol. The first-order valence-corrected chi connectivity index (χ1v) is 11.4. The van der Waals surface area contributed by atoms with Crippen LogP contribution in [0, 0.1) is 17.1 Å². The second kappa shape index (κ2) is 9.47. The second-order valence-corrected chi connectivity index (χ2v) is 9.39. The molecule has 182 valence electrons. The first-order valence-electron chi connectivity index (χ1n) is 11.0. The van der Waals surface area contributed by atoms with Gasteiger partial charge in [0.15, 0.2) is 17.3 Å². The molecule has 0 unspecified atom stereocenters. The Hall–Kier alpha value is -3.77. The molecule has 1 N–H and O–H groups in total. The minimum absolute atomic E-state index is 0.0293. The van der Waals surface area contributed by atoms with Gasteiger partial charge in [-0.1, -0.05) is 29.8 Å². The quantitative estimate of drug-likeness (QED) is 0.479. The summed E-state index contributed by atoms with van der Waals surface area (Å²) < 4.78 is 25.4. The van der Waals surface area contributed by atoms with Gasteiger partial charge in [-0.15, -0.1) is 0 Å². The predicted molar refractivity (Wildman–Crippen MR) is 130 cm³/mol. The van der Waals surface area contributed by atoms with Crippen molar-refractivity contribution < 1.29 is 23.8 Å². The summed E-state index contributed by atoms with van der Waals surface area (Å²) in [6.07, 6.45) is -0.393. The van der Waals surface area contributed by atoms with E-state index in [0.717, 1.165) is 0 Å². The van der Waals surface area contributed by atoms with Crippen molar-refractivity contribution >= 4 is 34.3 Å². The molecule has 2 aromatic carbocycles. The highest BCUT2D eigenvalue weighted by atomic mass is 35.5. The van der Waals surface area contributed by atoms with Crippen LogP contribution < -0.4 is 9.64 Å². The zero-order valence-electron chi connectivity index (χ0n) is 19.5. The van der Waals surface area contributed by atoms with Crippen molar-refractivity contribution in [2.45, 2.75) is 26.4 Å². The van der Waals surface area contributed by atoms with Crippen LogP contribution >= 0.6 is 11.6 Å². The lowest BCUT2D eigenvalue weighted by Crippen LogP contribution is -2.50. The Morgan fingerprint density at radius 3 is 2.49 bits per heavy atom. The van der Waals surface area contributed by atoms with E-state index < -0.39 is 17.5 Å². The molecule has 1 aromatic heterocycles. The summed E-state index contributed by atoms with van der Waals surface area (Å²) in [5, 5.41) is 20.4. The van der Waals surface area contributed by atoms with Gasteiger partial charge < -0.3 is 24.4 Å². The van der Waals surface area contributed by atoms with Gasteiger partial charge in [0.25, 0.3) is 0 Å². The number of benzene rings is 2. The molecule has 1 aliphatic rings. The SMILES string of the molecule is CC(C)(C)OC(=O)N1CCN(c2c(C#N)c(Cl)nc3c(Oc4c(O)cccc4F)cccc23)CC1. The van der Waals surface area contributed by atoms with Gasteiger partial charge in [0, 0.05) is 31.6 Å². The van der Waals surface area contributed by atoms with Crippen molar-refractivity contribution in [3.63, 3.8) is 0 Å². The van der Waals surface area contributed by atoms with Gasteiger partial charge in [-0.3, -0.25) is 0 Å². The number of amides is 1. The number of aromatic nitrogens is 1. The zero-order chi connectivity index (χ0) is 25.3. The number of para-hydroxylation sites is 2. The Morgan fingerprint density at radius 1 is 1.17 bits per heavy atom. The number of piperazine rings is 1. The summed E-state index contributed by atoms with van der Waals surface area (Å²) in [4.78, 5) is 20.4. The van der Waals surface area contributed by atoms with E-state index in [2.05, 4.69) is 11.1 Å². The minimum Gasteiger partial charge on any atom is -0.504 e. The third-order valence-corrected chi connectivity index (χ3v) is 5.70. The molecule has 0 saturated carbocycles. The van der Waals surface area contributed by atoms with Crippen LogP contribution in [0.25, 0.3) is 10.9 Å². The lowest BCUT2D eigenvalue weighted by molar-refractivity contribution is 0.0240. The molecule has 4 rings (SSSR count). The van der Waals surface area contributed by atoms with E-state index in [1.807, 2.05) is 25.7 Å². The number of nitriles is 1. The van der Waals surface area contributed by atoms with E-state index in [4.69, 9.17) is 21.1 Å². The Labute approximate surface area is 207 Å². The number of carbonyl (C=O) groups is 1. The van der Waals surface area contributed by atoms with Crippen molar-refractivity contribution in [2.24, 2.45) is 0 Å². The first kappa shape index (κ1) is 24.4. The average Bonchev–Trinajstić information content (AvgIpc) is 2.80. The summed E-state index contributed by atoms with van der Waals surface area (Å²) >= 11 is 6.39. The molecule has 8 nitrogen and oxygen atoms in total. The Kier molecular flexibility index (Phi) is 6.59. The largest absolute Gasteiger partial charge is 0.504 e. The van der Waals surface area contributed by atoms with Crippen LogP contribution in [0.5, 0.6) is 17.2 Å². The Balaban J connectivity index is 1.70. The van der Waals surface area contributed by atoms with Gasteiger partial charge in [-0.05, 0) is 39.0 Å². The molecular weight excluding hydrogens is 475 g/mol. The highest BCUT2D eigenvalue weighted by Crippen LogP contribution is 2.41. The number of fused-ring (bicyclic) bond motifs is 1. The number of ether oxygens (including phenoxy) is 2. The summed E-state index contributed by atoms with van der Waals surface area (Å²) in [7, 11) is 0. The van der Waals surface area contributed by atoms with Crippen LogP contribution in [0.15, 0.2) is 36.4 Å². The molecule has 1 saturated heterocycles. The van der Waals surface area contributed by atoms with Gasteiger partial charge in [-0.25, -0.2) is 14.2 Å². The van der Waals surface area contributed by atoms with Crippen molar-refractivity contribution in [3.8, 4) is 23.3 Å². The summed E-state index contributed by atoms with van der Waals surface area (Å²) in [6.45, 7) is 7.08. The van der Waals surface area contributed by atoms with Gasteiger partial charge in [0.1, 0.15) is 27.9 Å². The molecule has 1 amide bonds. The van der Waals surface area contributed by atoms with Crippen molar-refractivity contribution in [1.82, 2.24) is 9.88 Å². The van der Waals surface area contributed by atoms with Crippen LogP contribution in [0.3, 0.4) is 0 Å².